The van der Waals surface area contributed by atoms with E-state index in [1.807, 2.05) is 0 Å². The molecule has 2 N–H and O–H groups in total. The number of carbonyl (C=O) groups excluding carboxylic acids is 1. The number of nitrogens with two attached hydrogens (primary N) is 1. The molecule has 3 nitrogen and oxygen atoms in total. The highest BCUT2D eigenvalue weighted by molar-refractivity contribution is 5.75. The number of benzene rings is 1. The summed E-state index contributed by atoms with van der Waals surface area (Å²) in [6.45, 7) is 10.6. The first-order valence-corrected chi connectivity index (χ1v) is 7.17. The molecule has 0 bridgehead atoms. The second-order valence-electron chi connectivity index (χ2n) is 4.94. The molecule has 0 heterocycles. The molecular weight excluding hydrogens is 236 g/mol. The van der Waals surface area contributed by atoms with Crippen molar-refractivity contribution in [2.45, 2.75) is 46.5 Å². The molecule has 1 aromatic carbocycles. The Morgan fingerprint density at radius 1 is 1.26 bits per heavy atom. The Balaban J connectivity index is 3.14. The summed E-state index contributed by atoms with van der Waals surface area (Å²) >= 11 is 0. The molecular formula is C16H26N2O. The highest BCUT2D eigenvalue weighted by Crippen LogP contribution is 2.31. The van der Waals surface area contributed by atoms with Crippen molar-refractivity contribution in [1.82, 2.24) is 0 Å². The number of hydrogen-bond donors (Lipinski definition) is 1. The second-order valence-corrected chi connectivity index (χ2v) is 4.94. The van der Waals surface area contributed by atoms with E-state index in [-0.39, 0.29) is 11.8 Å². The van der Waals surface area contributed by atoms with E-state index >= 15 is 0 Å². The highest BCUT2D eigenvalue weighted by atomic mass is 16.1. The van der Waals surface area contributed by atoms with Gasteiger partial charge in [-0.3, -0.25) is 4.79 Å². The molecule has 0 spiro atoms. The molecule has 0 aliphatic carbocycles. The zero-order valence-corrected chi connectivity index (χ0v) is 12.6. The molecule has 106 valence electrons. The van der Waals surface area contributed by atoms with Gasteiger partial charge in [-0.2, -0.15) is 0 Å². The zero-order chi connectivity index (χ0) is 14.4. The van der Waals surface area contributed by atoms with E-state index in [1.165, 1.54) is 16.8 Å². The third-order valence-electron chi connectivity index (χ3n) is 3.83. The SMILES string of the molecule is CCC(CC(N)=O)c1cccc(N(CC)CC)c1C. The van der Waals surface area contributed by atoms with Crippen LogP contribution in [0.2, 0.25) is 0 Å². The van der Waals surface area contributed by atoms with Gasteiger partial charge in [-0.05, 0) is 50.3 Å². The quantitative estimate of drug-likeness (QED) is 0.820. The summed E-state index contributed by atoms with van der Waals surface area (Å²) in [4.78, 5) is 13.5. The summed E-state index contributed by atoms with van der Waals surface area (Å²) in [7, 11) is 0. The van der Waals surface area contributed by atoms with Gasteiger partial charge in [0.15, 0.2) is 0 Å². The van der Waals surface area contributed by atoms with Gasteiger partial charge in [0, 0.05) is 25.2 Å². The summed E-state index contributed by atoms with van der Waals surface area (Å²) in [5.74, 6) is 0.00695. The van der Waals surface area contributed by atoms with Crippen molar-refractivity contribution < 1.29 is 4.79 Å². The Morgan fingerprint density at radius 3 is 2.37 bits per heavy atom. The number of rotatable bonds is 7. The van der Waals surface area contributed by atoms with Crippen LogP contribution in [0.4, 0.5) is 5.69 Å². The Labute approximate surface area is 116 Å². The smallest absolute Gasteiger partial charge is 0.218 e. The Bertz CT molecular complexity index is 425. The van der Waals surface area contributed by atoms with E-state index in [2.05, 4.69) is 50.8 Å². The van der Waals surface area contributed by atoms with Gasteiger partial charge < -0.3 is 10.6 Å². The molecule has 1 unspecified atom stereocenters. The largest absolute Gasteiger partial charge is 0.372 e. The summed E-state index contributed by atoms with van der Waals surface area (Å²) in [5.41, 5.74) is 9.16. The van der Waals surface area contributed by atoms with Gasteiger partial charge in [0.05, 0.1) is 0 Å². The minimum Gasteiger partial charge on any atom is -0.372 e. The number of nitrogens with zero attached hydrogens (tertiary/aromatic N) is 1. The lowest BCUT2D eigenvalue weighted by Gasteiger charge is -2.26. The van der Waals surface area contributed by atoms with Gasteiger partial charge in [-0.25, -0.2) is 0 Å². The summed E-state index contributed by atoms with van der Waals surface area (Å²) in [5, 5.41) is 0. The third-order valence-corrected chi connectivity index (χ3v) is 3.83. The van der Waals surface area contributed by atoms with Crippen LogP contribution in [-0.4, -0.2) is 19.0 Å². The normalized spacial score (nSPS) is 12.2. The van der Waals surface area contributed by atoms with E-state index in [1.54, 1.807) is 0 Å². The van der Waals surface area contributed by atoms with Crippen molar-refractivity contribution in [3.8, 4) is 0 Å². The van der Waals surface area contributed by atoms with Crippen LogP contribution in [0, 0.1) is 6.92 Å². The fourth-order valence-corrected chi connectivity index (χ4v) is 2.71. The predicted octanol–water partition coefficient (Wildman–Crippen LogP) is 3.21. The molecule has 19 heavy (non-hydrogen) atoms. The molecule has 1 amide bonds. The first-order valence-electron chi connectivity index (χ1n) is 7.17. The second kappa shape index (κ2) is 7.17. The number of primary amides is 1. The molecule has 0 saturated heterocycles. The number of hydrogen-bond acceptors (Lipinski definition) is 2. The maximum atomic E-state index is 11.2. The maximum absolute atomic E-state index is 11.2. The van der Waals surface area contributed by atoms with Crippen LogP contribution in [-0.2, 0) is 4.79 Å². The van der Waals surface area contributed by atoms with E-state index < -0.39 is 0 Å². The van der Waals surface area contributed by atoms with Crippen LogP contribution in [0.25, 0.3) is 0 Å². The molecule has 0 aliphatic rings. The third kappa shape index (κ3) is 3.72. The lowest BCUT2D eigenvalue weighted by atomic mass is 9.89. The van der Waals surface area contributed by atoms with Crippen LogP contribution in [0.1, 0.15) is 50.7 Å². The monoisotopic (exact) mass is 262 g/mol. The van der Waals surface area contributed by atoms with Crippen LogP contribution in [0.3, 0.4) is 0 Å². The molecule has 1 aromatic rings. The van der Waals surface area contributed by atoms with E-state index in [9.17, 15) is 4.79 Å². The van der Waals surface area contributed by atoms with Gasteiger partial charge in [0.1, 0.15) is 0 Å². The summed E-state index contributed by atoms with van der Waals surface area (Å²) < 4.78 is 0. The number of amides is 1. The van der Waals surface area contributed by atoms with Crippen LogP contribution in [0.15, 0.2) is 18.2 Å². The zero-order valence-electron chi connectivity index (χ0n) is 12.6. The van der Waals surface area contributed by atoms with Gasteiger partial charge in [-0.1, -0.05) is 19.1 Å². The van der Waals surface area contributed by atoms with E-state index in [0.717, 1.165) is 19.5 Å². The maximum Gasteiger partial charge on any atom is 0.218 e. The minimum atomic E-state index is -0.223. The Hall–Kier alpha value is -1.51. The molecule has 1 rings (SSSR count). The van der Waals surface area contributed by atoms with Crippen molar-refractivity contribution in [3.05, 3.63) is 29.3 Å². The first kappa shape index (κ1) is 15.5. The van der Waals surface area contributed by atoms with Crippen molar-refractivity contribution in [1.29, 1.82) is 0 Å². The predicted molar refractivity (Wildman–Crippen MR) is 81.6 cm³/mol. The number of carbonyl (C=O) groups is 1. The first-order chi connectivity index (χ1) is 9.04. The highest BCUT2D eigenvalue weighted by Gasteiger charge is 2.17. The van der Waals surface area contributed by atoms with E-state index in [0.29, 0.717) is 6.42 Å². The fourth-order valence-electron chi connectivity index (χ4n) is 2.71. The average Bonchev–Trinajstić information content (AvgIpc) is 2.39. The molecule has 0 saturated carbocycles. The Kier molecular flexibility index (Phi) is 5.87. The summed E-state index contributed by atoms with van der Waals surface area (Å²) in [6, 6.07) is 6.36. The summed E-state index contributed by atoms with van der Waals surface area (Å²) in [6.07, 6.45) is 1.37. The van der Waals surface area contributed by atoms with Crippen LogP contribution >= 0.6 is 0 Å². The van der Waals surface area contributed by atoms with Crippen LogP contribution < -0.4 is 10.6 Å². The molecule has 0 radical (unpaired) electrons. The van der Waals surface area contributed by atoms with E-state index in [4.69, 9.17) is 5.73 Å². The molecule has 0 aliphatic heterocycles. The van der Waals surface area contributed by atoms with Crippen molar-refractivity contribution in [2.24, 2.45) is 5.73 Å². The lowest BCUT2D eigenvalue weighted by Crippen LogP contribution is -2.23. The standard InChI is InChI=1S/C16H26N2O/c1-5-13(11-16(17)19)14-9-8-10-15(12(14)4)18(6-2)7-3/h8-10,13H,5-7,11H2,1-4H3,(H2,17,19). The van der Waals surface area contributed by atoms with Crippen LogP contribution in [0.5, 0.6) is 0 Å². The van der Waals surface area contributed by atoms with Crippen molar-refractivity contribution in [2.75, 3.05) is 18.0 Å². The topological polar surface area (TPSA) is 46.3 Å². The van der Waals surface area contributed by atoms with Crippen molar-refractivity contribution in [3.63, 3.8) is 0 Å². The van der Waals surface area contributed by atoms with Gasteiger partial charge in [0.25, 0.3) is 0 Å². The fraction of sp³-hybridized carbons (Fsp3) is 0.562. The Morgan fingerprint density at radius 2 is 1.89 bits per heavy atom. The average molecular weight is 262 g/mol. The number of anilines is 1. The minimum absolute atomic E-state index is 0.223. The molecule has 1 atom stereocenters. The molecule has 0 aromatic heterocycles. The van der Waals surface area contributed by atoms with Crippen molar-refractivity contribution >= 4 is 11.6 Å². The van der Waals surface area contributed by atoms with Gasteiger partial charge >= 0.3 is 0 Å². The van der Waals surface area contributed by atoms with Gasteiger partial charge in [-0.15, -0.1) is 0 Å². The van der Waals surface area contributed by atoms with Gasteiger partial charge in [0.2, 0.25) is 5.91 Å². The lowest BCUT2D eigenvalue weighted by molar-refractivity contribution is -0.118. The molecule has 3 heteroatoms. The molecule has 0 fully saturated rings.